The quantitative estimate of drug-likeness (QED) is 0.834. The minimum absolute atomic E-state index is 0.112. The lowest BCUT2D eigenvalue weighted by Crippen LogP contribution is -2.41. The first-order valence-corrected chi connectivity index (χ1v) is 6.14. The summed E-state index contributed by atoms with van der Waals surface area (Å²) < 4.78 is 3.59. The minimum Gasteiger partial charge on any atom is -0.480 e. The second-order valence-electron chi connectivity index (χ2n) is 5.04. The van der Waals surface area contributed by atoms with Crippen LogP contribution in [-0.2, 0) is 23.9 Å². The van der Waals surface area contributed by atoms with Gasteiger partial charge in [0.2, 0.25) is 0 Å². The topological polar surface area (TPSA) is 99.1 Å². The van der Waals surface area contributed by atoms with Gasteiger partial charge in [-0.15, -0.1) is 0 Å². The van der Waals surface area contributed by atoms with E-state index in [0.29, 0.717) is 6.54 Å². The van der Waals surface area contributed by atoms with Crippen molar-refractivity contribution in [2.24, 2.45) is 7.05 Å². The van der Waals surface area contributed by atoms with Gasteiger partial charge in [-0.25, -0.2) is 14.6 Å². The molecule has 108 valence electrons. The van der Waals surface area contributed by atoms with Gasteiger partial charge in [0, 0.05) is 13.6 Å². The van der Waals surface area contributed by atoms with Crippen molar-refractivity contribution in [1.82, 2.24) is 18.7 Å². The fourth-order valence-electron chi connectivity index (χ4n) is 2.06. The molecule has 0 bridgehead atoms. The van der Waals surface area contributed by atoms with Gasteiger partial charge in [0.1, 0.15) is 5.54 Å². The normalized spacial score (nSPS) is 12.0. The highest BCUT2D eigenvalue weighted by molar-refractivity contribution is 5.80. The fourth-order valence-corrected chi connectivity index (χ4v) is 2.06. The van der Waals surface area contributed by atoms with Gasteiger partial charge in [-0.2, -0.15) is 0 Å². The van der Waals surface area contributed by atoms with Crippen LogP contribution in [0.15, 0.2) is 15.9 Å². The van der Waals surface area contributed by atoms with E-state index in [0.717, 1.165) is 4.57 Å². The zero-order chi connectivity index (χ0) is 15.2. The van der Waals surface area contributed by atoms with E-state index in [2.05, 4.69) is 4.98 Å². The number of hydrogen-bond donors (Lipinski definition) is 1. The van der Waals surface area contributed by atoms with Crippen LogP contribution in [0.2, 0.25) is 0 Å². The first kappa shape index (κ1) is 14.0. The monoisotopic (exact) mass is 280 g/mol. The summed E-state index contributed by atoms with van der Waals surface area (Å²) in [6.07, 6.45) is 1.28. The van der Waals surface area contributed by atoms with Crippen molar-refractivity contribution in [2.45, 2.75) is 32.9 Å². The van der Waals surface area contributed by atoms with Gasteiger partial charge in [-0.1, -0.05) is 0 Å². The number of carbonyl (C=O) groups is 1. The van der Waals surface area contributed by atoms with E-state index in [1.165, 1.54) is 36.4 Å². The van der Waals surface area contributed by atoms with Crippen LogP contribution in [0.4, 0.5) is 0 Å². The Morgan fingerprint density at radius 3 is 2.50 bits per heavy atom. The summed E-state index contributed by atoms with van der Waals surface area (Å²) in [5.74, 6) is -1.09. The third-order valence-electron chi connectivity index (χ3n) is 3.47. The molecular formula is C12H16N4O4. The molecule has 2 aromatic rings. The van der Waals surface area contributed by atoms with Crippen LogP contribution in [0.3, 0.4) is 0 Å². The summed E-state index contributed by atoms with van der Waals surface area (Å²) in [6, 6.07) is 0. The van der Waals surface area contributed by atoms with Crippen molar-refractivity contribution < 1.29 is 9.90 Å². The zero-order valence-electron chi connectivity index (χ0n) is 11.7. The number of aromatic nitrogens is 4. The highest BCUT2D eigenvalue weighted by Crippen LogP contribution is 2.19. The second-order valence-corrected chi connectivity index (χ2v) is 5.04. The molecule has 0 spiro atoms. The van der Waals surface area contributed by atoms with Crippen molar-refractivity contribution in [3.8, 4) is 0 Å². The summed E-state index contributed by atoms with van der Waals surface area (Å²) in [7, 11) is 1.36. The van der Waals surface area contributed by atoms with Crippen LogP contribution in [0, 0.1) is 0 Å². The lowest BCUT2D eigenvalue weighted by atomic mass is 10.1. The number of aliphatic carboxylic acids is 1. The summed E-state index contributed by atoms with van der Waals surface area (Å²) in [6.45, 7) is 5.04. The first-order chi connectivity index (χ1) is 9.23. The Kier molecular flexibility index (Phi) is 3.04. The number of carboxylic acid groups (broad SMARTS) is 1. The number of carboxylic acids is 1. The van der Waals surface area contributed by atoms with Crippen molar-refractivity contribution in [2.75, 3.05) is 0 Å². The molecule has 1 N–H and O–H groups in total. The van der Waals surface area contributed by atoms with Crippen molar-refractivity contribution in [3.05, 3.63) is 27.2 Å². The molecule has 2 heterocycles. The lowest BCUT2D eigenvalue weighted by molar-refractivity contribution is -0.145. The molecule has 0 fully saturated rings. The third-order valence-corrected chi connectivity index (χ3v) is 3.47. The lowest BCUT2D eigenvalue weighted by Gasteiger charge is -2.21. The predicted molar refractivity (Wildman–Crippen MR) is 71.9 cm³/mol. The summed E-state index contributed by atoms with van der Waals surface area (Å²) in [4.78, 5) is 39.7. The van der Waals surface area contributed by atoms with Crippen LogP contribution in [0.1, 0.15) is 20.8 Å². The number of fused-ring (bicyclic) bond motifs is 1. The summed E-state index contributed by atoms with van der Waals surface area (Å²) in [5, 5.41) is 9.29. The van der Waals surface area contributed by atoms with Crippen LogP contribution in [-0.4, -0.2) is 29.8 Å². The van der Waals surface area contributed by atoms with Gasteiger partial charge in [0.15, 0.2) is 11.2 Å². The van der Waals surface area contributed by atoms with Crippen LogP contribution in [0.25, 0.3) is 11.2 Å². The van der Waals surface area contributed by atoms with E-state index in [1.54, 1.807) is 6.92 Å². The van der Waals surface area contributed by atoms with Crippen molar-refractivity contribution >= 4 is 17.1 Å². The molecule has 2 rings (SSSR count). The molecule has 8 heteroatoms. The Hall–Kier alpha value is -2.38. The maximum atomic E-state index is 12.3. The average molecular weight is 280 g/mol. The van der Waals surface area contributed by atoms with Crippen LogP contribution >= 0.6 is 0 Å². The predicted octanol–water partition coefficient (Wildman–Crippen LogP) is -0.264. The first-order valence-electron chi connectivity index (χ1n) is 6.14. The molecule has 2 aromatic heterocycles. The molecule has 0 aliphatic heterocycles. The number of hydrogen-bond acceptors (Lipinski definition) is 4. The Bertz CT molecular complexity index is 809. The third kappa shape index (κ3) is 1.68. The van der Waals surface area contributed by atoms with Gasteiger partial charge in [0.25, 0.3) is 5.56 Å². The van der Waals surface area contributed by atoms with E-state index < -0.39 is 22.8 Å². The SMILES string of the molecule is CCn1c(=O)n(C)c(=O)c2c1ncn2C(C)(C)C(=O)O. The highest BCUT2D eigenvalue weighted by atomic mass is 16.4. The van der Waals surface area contributed by atoms with Crippen LogP contribution in [0.5, 0.6) is 0 Å². The number of aryl methyl sites for hydroxylation is 1. The second kappa shape index (κ2) is 4.32. The van der Waals surface area contributed by atoms with Gasteiger partial charge in [-0.3, -0.25) is 13.9 Å². The maximum absolute atomic E-state index is 12.3. The van der Waals surface area contributed by atoms with E-state index in [-0.39, 0.29) is 11.2 Å². The van der Waals surface area contributed by atoms with Crippen molar-refractivity contribution in [3.63, 3.8) is 0 Å². The fraction of sp³-hybridized carbons (Fsp3) is 0.500. The Morgan fingerprint density at radius 2 is 2.00 bits per heavy atom. The van der Waals surface area contributed by atoms with E-state index in [4.69, 9.17) is 0 Å². The number of nitrogens with zero attached hydrogens (tertiary/aromatic N) is 4. The molecule has 0 aliphatic rings. The number of rotatable bonds is 3. The van der Waals surface area contributed by atoms with Gasteiger partial charge in [0.05, 0.1) is 6.33 Å². The summed E-state index contributed by atoms with van der Waals surface area (Å²) in [5.41, 5.74) is -2.04. The van der Waals surface area contributed by atoms with Crippen molar-refractivity contribution in [1.29, 1.82) is 0 Å². The number of imidazole rings is 1. The standard InChI is InChI=1S/C12H16N4O4/c1-5-15-8-7(9(17)14(4)11(15)20)16(6-13-8)12(2,3)10(18)19/h6H,5H2,1-4H3,(H,18,19). The molecule has 0 aliphatic carbocycles. The molecule has 0 amide bonds. The Labute approximate surface area is 113 Å². The molecule has 20 heavy (non-hydrogen) atoms. The summed E-state index contributed by atoms with van der Waals surface area (Å²) >= 11 is 0. The minimum atomic E-state index is -1.34. The largest absolute Gasteiger partial charge is 0.480 e. The molecule has 0 atom stereocenters. The smallest absolute Gasteiger partial charge is 0.332 e. The van der Waals surface area contributed by atoms with E-state index >= 15 is 0 Å². The van der Waals surface area contributed by atoms with Gasteiger partial charge in [-0.05, 0) is 20.8 Å². The molecular weight excluding hydrogens is 264 g/mol. The highest BCUT2D eigenvalue weighted by Gasteiger charge is 2.32. The zero-order valence-corrected chi connectivity index (χ0v) is 11.7. The van der Waals surface area contributed by atoms with E-state index in [1.807, 2.05) is 0 Å². The molecule has 0 aromatic carbocycles. The van der Waals surface area contributed by atoms with Crippen LogP contribution < -0.4 is 11.2 Å². The average Bonchev–Trinajstić information content (AvgIpc) is 2.82. The molecule has 8 nitrogen and oxygen atoms in total. The maximum Gasteiger partial charge on any atom is 0.332 e. The molecule has 0 unspecified atom stereocenters. The Balaban J connectivity index is 3.01. The van der Waals surface area contributed by atoms with Gasteiger partial charge < -0.3 is 9.67 Å². The Morgan fingerprint density at radius 1 is 1.40 bits per heavy atom. The molecule has 0 saturated heterocycles. The van der Waals surface area contributed by atoms with Gasteiger partial charge >= 0.3 is 11.7 Å². The molecule has 0 saturated carbocycles. The molecule has 0 radical (unpaired) electrons. The van der Waals surface area contributed by atoms with E-state index in [9.17, 15) is 19.5 Å².